The molecule has 3 nitrogen and oxygen atoms in total. The summed E-state index contributed by atoms with van der Waals surface area (Å²) in [5.74, 6) is -0.201. The van der Waals surface area contributed by atoms with Gasteiger partial charge in [-0.15, -0.1) is 0 Å². The highest BCUT2D eigenvalue weighted by Crippen LogP contribution is 2.31. The van der Waals surface area contributed by atoms with Crippen LogP contribution in [0.25, 0.3) is 11.1 Å². The van der Waals surface area contributed by atoms with Crippen LogP contribution in [0.2, 0.25) is 0 Å². The number of aromatic amines is 1. The number of nitrogens with zero attached hydrogens (tertiary/aromatic N) is 2. The van der Waals surface area contributed by atoms with Crippen molar-refractivity contribution in [2.75, 3.05) is 13.6 Å². The molecule has 0 spiro atoms. The number of benzene rings is 2. The molecule has 0 amide bonds. The topological polar surface area (TPSA) is 31.9 Å². The van der Waals surface area contributed by atoms with Crippen molar-refractivity contribution in [2.24, 2.45) is 0 Å². The molecular weight excluding hydrogens is 289 g/mol. The van der Waals surface area contributed by atoms with Gasteiger partial charge in [0.25, 0.3) is 0 Å². The van der Waals surface area contributed by atoms with Crippen LogP contribution < -0.4 is 0 Å². The van der Waals surface area contributed by atoms with E-state index in [1.54, 1.807) is 6.07 Å². The van der Waals surface area contributed by atoms with Gasteiger partial charge >= 0.3 is 0 Å². The fourth-order valence-electron chi connectivity index (χ4n) is 2.87. The van der Waals surface area contributed by atoms with Gasteiger partial charge in [0.1, 0.15) is 5.82 Å². The van der Waals surface area contributed by atoms with Crippen LogP contribution in [0, 0.1) is 5.82 Å². The first-order valence-corrected chi connectivity index (χ1v) is 7.74. The molecular formula is C19H20FN3. The van der Waals surface area contributed by atoms with Crippen LogP contribution >= 0.6 is 0 Å². The number of rotatable bonds is 5. The van der Waals surface area contributed by atoms with Gasteiger partial charge in [-0.05, 0) is 36.9 Å². The third-order valence-electron chi connectivity index (χ3n) is 4.16. The first kappa shape index (κ1) is 15.4. The molecule has 2 aromatic carbocycles. The van der Waals surface area contributed by atoms with Crippen molar-refractivity contribution in [3.63, 3.8) is 0 Å². The third-order valence-corrected chi connectivity index (χ3v) is 4.16. The fourth-order valence-corrected chi connectivity index (χ4v) is 2.87. The summed E-state index contributed by atoms with van der Waals surface area (Å²) < 4.78 is 14.1. The Morgan fingerprint density at radius 3 is 2.65 bits per heavy atom. The molecule has 1 atom stereocenters. The first-order valence-electron chi connectivity index (χ1n) is 7.74. The summed E-state index contributed by atoms with van der Waals surface area (Å²) >= 11 is 0. The Morgan fingerprint density at radius 2 is 1.96 bits per heavy atom. The Hall–Kier alpha value is -2.46. The largest absolute Gasteiger partial charge is 0.296 e. The summed E-state index contributed by atoms with van der Waals surface area (Å²) in [6.45, 7) is 3.02. The smallest absolute Gasteiger partial charge is 0.131 e. The van der Waals surface area contributed by atoms with Crippen LogP contribution in [0.1, 0.15) is 24.1 Å². The molecule has 3 rings (SSSR count). The highest BCUT2D eigenvalue weighted by Gasteiger charge is 2.20. The zero-order chi connectivity index (χ0) is 16.2. The van der Waals surface area contributed by atoms with Gasteiger partial charge in [-0.3, -0.25) is 10.00 Å². The maximum Gasteiger partial charge on any atom is 0.131 e. The van der Waals surface area contributed by atoms with Crippen molar-refractivity contribution in [3.05, 3.63) is 77.9 Å². The van der Waals surface area contributed by atoms with Gasteiger partial charge in [-0.25, -0.2) is 4.39 Å². The number of H-pyrrole nitrogens is 1. The standard InChI is InChI=1S/C19H20FN3/c1-3-23(2)19(16-12-21-22-13-16)15-8-6-7-14(11-15)17-9-4-5-10-18(17)20/h4-13,19H,3H2,1-2H3,(H,21,22). The second kappa shape index (κ2) is 6.75. The van der Waals surface area contributed by atoms with Crippen LogP contribution in [0.15, 0.2) is 60.9 Å². The predicted molar refractivity (Wildman–Crippen MR) is 90.6 cm³/mol. The molecule has 1 N–H and O–H groups in total. The highest BCUT2D eigenvalue weighted by atomic mass is 19.1. The average Bonchev–Trinajstić information content (AvgIpc) is 3.09. The summed E-state index contributed by atoms with van der Waals surface area (Å²) in [4.78, 5) is 2.24. The molecule has 0 saturated carbocycles. The van der Waals surface area contributed by atoms with Gasteiger partial charge in [0.05, 0.1) is 12.2 Å². The molecule has 1 unspecified atom stereocenters. The van der Waals surface area contributed by atoms with Crippen LogP contribution in [-0.4, -0.2) is 28.7 Å². The van der Waals surface area contributed by atoms with E-state index >= 15 is 0 Å². The maximum atomic E-state index is 14.1. The Balaban J connectivity index is 2.05. The Labute approximate surface area is 135 Å². The molecule has 0 saturated heterocycles. The van der Waals surface area contributed by atoms with Crippen LogP contribution in [-0.2, 0) is 0 Å². The lowest BCUT2D eigenvalue weighted by atomic mass is 9.95. The van der Waals surface area contributed by atoms with Gasteiger partial charge in [-0.1, -0.05) is 43.3 Å². The minimum Gasteiger partial charge on any atom is -0.296 e. The van der Waals surface area contributed by atoms with Crippen molar-refractivity contribution in [3.8, 4) is 11.1 Å². The Bertz CT molecular complexity index is 768. The van der Waals surface area contributed by atoms with Crippen molar-refractivity contribution in [1.29, 1.82) is 0 Å². The monoisotopic (exact) mass is 309 g/mol. The second-order valence-electron chi connectivity index (χ2n) is 5.61. The van der Waals surface area contributed by atoms with Gasteiger partial charge in [0.15, 0.2) is 0 Å². The number of aromatic nitrogens is 2. The molecule has 1 heterocycles. The van der Waals surface area contributed by atoms with Gasteiger partial charge < -0.3 is 0 Å². The summed E-state index contributed by atoms with van der Waals surface area (Å²) in [5.41, 5.74) is 3.73. The molecule has 0 fully saturated rings. The van der Waals surface area contributed by atoms with E-state index in [0.29, 0.717) is 5.56 Å². The number of hydrogen-bond donors (Lipinski definition) is 1. The van der Waals surface area contributed by atoms with Crippen molar-refractivity contribution < 1.29 is 4.39 Å². The zero-order valence-corrected chi connectivity index (χ0v) is 13.3. The zero-order valence-electron chi connectivity index (χ0n) is 13.3. The van der Waals surface area contributed by atoms with Crippen molar-refractivity contribution in [2.45, 2.75) is 13.0 Å². The molecule has 0 radical (unpaired) electrons. The lowest BCUT2D eigenvalue weighted by Crippen LogP contribution is -2.25. The van der Waals surface area contributed by atoms with E-state index in [0.717, 1.165) is 23.2 Å². The molecule has 1 aromatic heterocycles. The lowest BCUT2D eigenvalue weighted by Gasteiger charge is -2.27. The SMILES string of the molecule is CCN(C)C(c1cn[nH]c1)c1cccc(-c2ccccc2F)c1. The summed E-state index contributed by atoms with van der Waals surface area (Å²) in [6, 6.07) is 15.0. The highest BCUT2D eigenvalue weighted by molar-refractivity contribution is 5.65. The van der Waals surface area contributed by atoms with E-state index in [1.165, 1.54) is 6.07 Å². The van der Waals surface area contributed by atoms with Gasteiger partial charge in [-0.2, -0.15) is 5.10 Å². The normalized spacial score (nSPS) is 12.5. The molecule has 4 heteroatoms. The molecule has 0 aliphatic rings. The third kappa shape index (κ3) is 3.17. The quantitative estimate of drug-likeness (QED) is 0.764. The predicted octanol–water partition coefficient (Wildman–Crippen LogP) is 4.26. The number of hydrogen-bond acceptors (Lipinski definition) is 2. The maximum absolute atomic E-state index is 14.1. The van der Waals surface area contributed by atoms with Crippen LogP contribution in [0.5, 0.6) is 0 Å². The van der Waals surface area contributed by atoms with Crippen molar-refractivity contribution >= 4 is 0 Å². The fraction of sp³-hybridized carbons (Fsp3) is 0.211. The minimum atomic E-state index is -0.201. The summed E-state index contributed by atoms with van der Waals surface area (Å²) in [5, 5.41) is 6.95. The van der Waals surface area contributed by atoms with Gasteiger partial charge in [0, 0.05) is 17.3 Å². The number of nitrogens with one attached hydrogen (secondary N) is 1. The van der Waals surface area contributed by atoms with E-state index in [2.05, 4.69) is 41.2 Å². The van der Waals surface area contributed by atoms with Gasteiger partial charge in [0.2, 0.25) is 0 Å². The summed E-state index contributed by atoms with van der Waals surface area (Å²) in [6.07, 6.45) is 3.75. The second-order valence-corrected chi connectivity index (χ2v) is 5.61. The molecule has 23 heavy (non-hydrogen) atoms. The van der Waals surface area contributed by atoms with Crippen LogP contribution in [0.4, 0.5) is 4.39 Å². The molecule has 0 aliphatic carbocycles. The van der Waals surface area contributed by atoms with E-state index in [-0.39, 0.29) is 11.9 Å². The van der Waals surface area contributed by atoms with E-state index in [4.69, 9.17) is 0 Å². The van der Waals surface area contributed by atoms with E-state index < -0.39 is 0 Å². The Kier molecular flexibility index (Phi) is 4.53. The Morgan fingerprint density at radius 1 is 1.13 bits per heavy atom. The lowest BCUT2D eigenvalue weighted by molar-refractivity contribution is 0.294. The van der Waals surface area contributed by atoms with E-state index in [1.807, 2.05) is 36.7 Å². The minimum absolute atomic E-state index is 0.0884. The molecule has 0 aliphatic heterocycles. The molecule has 118 valence electrons. The first-order chi connectivity index (χ1) is 11.2. The summed E-state index contributed by atoms with van der Waals surface area (Å²) in [7, 11) is 2.08. The number of halogens is 1. The van der Waals surface area contributed by atoms with Crippen molar-refractivity contribution in [1.82, 2.24) is 15.1 Å². The average molecular weight is 309 g/mol. The van der Waals surface area contributed by atoms with Crippen LogP contribution in [0.3, 0.4) is 0 Å². The van der Waals surface area contributed by atoms with E-state index in [9.17, 15) is 4.39 Å². The molecule has 3 aromatic rings. The molecule has 0 bridgehead atoms.